The van der Waals surface area contributed by atoms with E-state index in [4.69, 9.17) is 4.74 Å². The second-order valence-electron chi connectivity index (χ2n) is 8.05. The average molecular weight is 475 g/mol. The molecule has 2 amide bonds. The molecule has 0 radical (unpaired) electrons. The van der Waals surface area contributed by atoms with Gasteiger partial charge in [-0.05, 0) is 43.2 Å². The van der Waals surface area contributed by atoms with Crippen LogP contribution in [0.2, 0.25) is 0 Å². The highest BCUT2D eigenvalue weighted by molar-refractivity contribution is 7.89. The highest BCUT2D eigenvalue weighted by Crippen LogP contribution is 2.21. The molecular formula is C22H26N4O6S. The molecule has 0 saturated carbocycles. The molecule has 2 fully saturated rings. The molecule has 1 aromatic heterocycles. The third-order valence-corrected chi connectivity index (χ3v) is 7.71. The molecule has 2 saturated heterocycles. The predicted molar refractivity (Wildman–Crippen MR) is 121 cm³/mol. The molecule has 10 nitrogen and oxygen atoms in total. The minimum atomic E-state index is -3.58. The summed E-state index contributed by atoms with van der Waals surface area (Å²) in [4.78, 5) is 39.8. The van der Waals surface area contributed by atoms with Crippen LogP contribution < -0.4 is 10.9 Å². The lowest BCUT2D eigenvalue weighted by atomic mass is 10.2. The first-order valence-corrected chi connectivity index (χ1v) is 12.2. The van der Waals surface area contributed by atoms with Crippen molar-refractivity contribution in [2.45, 2.75) is 17.7 Å². The van der Waals surface area contributed by atoms with Gasteiger partial charge in [0.25, 0.3) is 17.4 Å². The SMILES string of the molecule is Cn1cc(C(=O)N2CCOCC2)cc(NC(=O)c2ccc(S(=O)(=O)N3CCCC3)cc2)c1=O. The van der Waals surface area contributed by atoms with Crippen molar-refractivity contribution in [3.63, 3.8) is 0 Å². The van der Waals surface area contributed by atoms with Gasteiger partial charge in [-0.15, -0.1) is 0 Å². The second-order valence-corrected chi connectivity index (χ2v) is 9.99. The number of carbonyl (C=O) groups is 2. The van der Waals surface area contributed by atoms with Crippen LogP contribution in [0.4, 0.5) is 5.69 Å². The Balaban J connectivity index is 1.52. The van der Waals surface area contributed by atoms with Gasteiger partial charge in [-0.1, -0.05) is 0 Å². The van der Waals surface area contributed by atoms with E-state index >= 15 is 0 Å². The highest BCUT2D eigenvalue weighted by atomic mass is 32.2. The molecule has 0 atom stereocenters. The van der Waals surface area contributed by atoms with Crippen molar-refractivity contribution in [3.8, 4) is 0 Å². The zero-order valence-corrected chi connectivity index (χ0v) is 19.1. The van der Waals surface area contributed by atoms with Crippen LogP contribution >= 0.6 is 0 Å². The van der Waals surface area contributed by atoms with Crippen LogP contribution in [-0.2, 0) is 21.8 Å². The quantitative estimate of drug-likeness (QED) is 0.688. The molecule has 1 N–H and O–H groups in total. The summed E-state index contributed by atoms with van der Waals surface area (Å²) in [5.41, 5.74) is -0.0193. The Morgan fingerprint density at radius 3 is 2.24 bits per heavy atom. The van der Waals surface area contributed by atoms with Gasteiger partial charge in [-0.25, -0.2) is 8.42 Å². The van der Waals surface area contributed by atoms with Crippen LogP contribution in [0.3, 0.4) is 0 Å². The van der Waals surface area contributed by atoms with E-state index in [1.807, 2.05) is 0 Å². The fraction of sp³-hybridized carbons (Fsp3) is 0.409. The normalized spacial score (nSPS) is 17.2. The largest absolute Gasteiger partial charge is 0.378 e. The first-order valence-electron chi connectivity index (χ1n) is 10.8. The standard InChI is InChI=1S/C22H26N4O6S/c1-24-15-17(21(28)25-10-12-32-13-11-25)14-19(22(24)29)23-20(27)16-4-6-18(7-5-16)33(30,31)26-8-2-3-9-26/h4-7,14-15H,2-3,8-13H2,1H3,(H,23,27). The van der Waals surface area contributed by atoms with Crippen molar-refractivity contribution in [1.82, 2.24) is 13.8 Å². The zero-order valence-electron chi connectivity index (χ0n) is 18.3. The van der Waals surface area contributed by atoms with E-state index in [1.54, 1.807) is 4.90 Å². The summed E-state index contributed by atoms with van der Waals surface area (Å²) in [7, 11) is -2.08. The van der Waals surface area contributed by atoms with E-state index in [9.17, 15) is 22.8 Å². The second kappa shape index (κ2) is 9.46. The number of ether oxygens (including phenoxy) is 1. The molecule has 0 spiro atoms. The first-order chi connectivity index (χ1) is 15.8. The van der Waals surface area contributed by atoms with Crippen molar-refractivity contribution in [3.05, 3.63) is 58.0 Å². The van der Waals surface area contributed by atoms with Crippen LogP contribution in [0.15, 0.2) is 46.2 Å². The van der Waals surface area contributed by atoms with E-state index < -0.39 is 21.5 Å². The van der Waals surface area contributed by atoms with Crippen molar-refractivity contribution >= 4 is 27.5 Å². The minimum Gasteiger partial charge on any atom is -0.378 e. The molecule has 176 valence electrons. The summed E-state index contributed by atoms with van der Waals surface area (Å²) >= 11 is 0. The Bertz CT molecular complexity index is 1210. The molecule has 2 aliphatic rings. The number of nitrogens with zero attached hydrogens (tertiary/aromatic N) is 3. The first kappa shape index (κ1) is 23.1. The Morgan fingerprint density at radius 1 is 0.970 bits per heavy atom. The van der Waals surface area contributed by atoms with Gasteiger partial charge in [0.15, 0.2) is 0 Å². The summed E-state index contributed by atoms with van der Waals surface area (Å²) < 4.78 is 33.3. The van der Waals surface area contributed by atoms with Gasteiger partial charge in [-0.2, -0.15) is 4.31 Å². The van der Waals surface area contributed by atoms with E-state index in [0.717, 1.165) is 12.8 Å². The summed E-state index contributed by atoms with van der Waals surface area (Å²) in [5.74, 6) is -0.825. The van der Waals surface area contributed by atoms with Crippen LogP contribution in [0, 0.1) is 0 Å². The molecule has 3 heterocycles. The molecule has 2 aliphatic heterocycles. The fourth-order valence-electron chi connectivity index (χ4n) is 3.92. The number of pyridine rings is 1. The average Bonchev–Trinajstić information content (AvgIpc) is 3.38. The van der Waals surface area contributed by atoms with Crippen LogP contribution in [-0.4, -0.2) is 73.4 Å². The molecular weight excluding hydrogens is 448 g/mol. The smallest absolute Gasteiger partial charge is 0.274 e. The number of morpholine rings is 1. The highest BCUT2D eigenvalue weighted by Gasteiger charge is 2.27. The Labute approximate surface area is 191 Å². The molecule has 1 aromatic carbocycles. The van der Waals surface area contributed by atoms with E-state index in [-0.39, 0.29) is 27.6 Å². The molecule has 0 bridgehead atoms. The van der Waals surface area contributed by atoms with Gasteiger partial charge in [0.2, 0.25) is 10.0 Å². The number of amides is 2. The van der Waals surface area contributed by atoms with Crippen molar-refractivity contribution in [1.29, 1.82) is 0 Å². The molecule has 0 aliphatic carbocycles. The molecule has 11 heteroatoms. The van der Waals surface area contributed by atoms with E-state index in [1.165, 1.54) is 52.4 Å². The summed E-state index contributed by atoms with van der Waals surface area (Å²) in [6.07, 6.45) is 3.11. The Morgan fingerprint density at radius 2 is 1.61 bits per heavy atom. The van der Waals surface area contributed by atoms with Gasteiger partial charge in [0, 0.05) is 45.0 Å². The van der Waals surface area contributed by atoms with Gasteiger partial charge in [-0.3, -0.25) is 14.4 Å². The monoisotopic (exact) mass is 474 g/mol. The van der Waals surface area contributed by atoms with Crippen LogP contribution in [0.5, 0.6) is 0 Å². The molecule has 4 rings (SSSR count). The van der Waals surface area contributed by atoms with E-state index in [0.29, 0.717) is 39.4 Å². The topological polar surface area (TPSA) is 118 Å². The lowest BCUT2D eigenvalue weighted by molar-refractivity contribution is 0.0302. The number of nitrogens with one attached hydrogen (secondary N) is 1. The number of rotatable bonds is 5. The molecule has 2 aromatic rings. The third-order valence-electron chi connectivity index (χ3n) is 5.80. The molecule has 0 unspecified atom stereocenters. The predicted octanol–water partition coefficient (Wildman–Crippen LogP) is 0.895. The number of anilines is 1. The maximum atomic E-state index is 12.8. The van der Waals surface area contributed by atoms with Gasteiger partial charge >= 0.3 is 0 Å². The van der Waals surface area contributed by atoms with Gasteiger partial charge < -0.3 is 19.5 Å². The maximum Gasteiger partial charge on any atom is 0.274 e. The van der Waals surface area contributed by atoms with Crippen LogP contribution in [0.1, 0.15) is 33.6 Å². The number of aromatic nitrogens is 1. The number of carbonyl (C=O) groups excluding carboxylic acids is 2. The number of aryl methyl sites for hydroxylation is 1. The summed E-state index contributed by atoms with van der Waals surface area (Å²) in [6.45, 7) is 2.79. The number of benzene rings is 1. The molecule has 33 heavy (non-hydrogen) atoms. The summed E-state index contributed by atoms with van der Waals surface area (Å²) in [6, 6.07) is 6.96. The lowest BCUT2D eigenvalue weighted by Gasteiger charge is -2.27. The zero-order chi connectivity index (χ0) is 23.6. The van der Waals surface area contributed by atoms with Crippen molar-refractivity contribution in [2.75, 3.05) is 44.7 Å². The van der Waals surface area contributed by atoms with Crippen molar-refractivity contribution in [2.24, 2.45) is 7.05 Å². The Hall–Kier alpha value is -3.02. The number of sulfonamides is 1. The van der Waals surface area contributed by atoms with Gasteiger partial charge in [0.05, 0.1) is 23.7 Å². The fourth-order valence-corrected chi connectivity index (χ4v) is 5.43. The van der Waals surface area contributed by atoms with E-state index in [2.05, 4.69) is 5.32 Å². The third kappa shape index (κ3) is 4.85. The van der Waals surface area contributed by atoms with Crippen molar-refractivity contribution < 1.29 is 22.7 Å². The summed E-state index contributed by atoms with van der Waals surface area (Å²) in [5, 5.41) is 2.55. The minimum absolute atomic E-state index is 0.0321. The maximum absolute atomic E-state index is 12.8. The number of hydrogen-bond acceptors (Lipinski definition) is 6. The number of hydrogen-bond donors (Lipinski definition) is 1. The van der Waals surface area contributed by atoms with Crippen LogP contribution in [0.25, 0.3) is 0 Å². The Kier molecular flexibility index (Phi) is 6.63. The van der Waals surface area contributed by atoms with Gasteiger partial charge in [0.1, 0.15) is 5.69 Å². The lowest BCUT2D eigenvalue weighted by Crippen LogP contribution is -2.41.